The molecule has 0 atom stereocenters. The van der Waals surface area contributed by atoms with Crippen LogP contribution in [0.5, 0.6) is 0 Å². The van der Waals surface area contributed by atoms with Crippen molar-refractivity contribution in [1.82, 2.24) is 0 Å². The average Bonchev–Trinajstić information content (AvgIpc) is 3.33. The number of hydrogen-bond donors (Lipinski definition) is 0. The van der Waals surface area contributed by atoms with Crippen LogP contribution in [0.4, 0.5) is 8.78 Å². The molecule has 0 saturated heterocycles. The van der Waals surface area contributed by atoms with Crippen LogP contribution in [-0.2, 0) is 13.4 Å². The number of hydrogen-bond acceptors (Lipinski definition) is 1. The van der Waals surface area contributed by atoms with Gasteiger partial charge in [0.2, 0.25) is 5.69 Å². The third kappa shape index (κ3) is 4.40. The smallest absolute Gasteiger partial charge is 0.219 e. The Morgan fingerprint density at radius 2 is 1.38 bits per heavy atom. The fourth-order valence-electron chi connectivity index (χ4n) is 5.32. The van der Waals surface area contributed by atoms with Gasteiger partial charge in [0.25, 0.3) is 0 Å². The lowest BCUT2D eigenvalue weighted by Crippen LogP contribution is -2.32. The quantitative estimate of drug-likeness (QED) is 0.207. The highest BCUT2D eigenvalue weighted by Gasteiger charge is 2.25. The summed E-state index contributed by atoms with van der Waals surface area (Å²) in [6.07, 6.45) is -0.311. The van der Waals surface area contributed by atoms with Crippen molar-refractivity contribution in [3.63, 3.8) is 0 Å². The molecule has 39 heavy (non-hydrogen) atoms. The van der Waals surface area contributed by atoms with Gasteiger partial charge in [-0.2, -0.15) is 0 Å². The first kappa shape index (κ1) is 22.7. The van der Waals surface area contributed by atoms with Gasteiger partial charge >= 0.3 is 0 Å². The molecule has 4 heteroatoms. The van der Waals surface area contributed by atoms with Gasteiger partial charge in [0, 0.05) is 19.6 Å². The van der Waals surface area contributed by atoms with Crippen LogP contribution >= 0.6 is 0 Å². The summed E-state index contributed by atoms with van der Waals surface area (Å²) in [7, 11) is 1.77. The molecule has 2 heterocycles. The summed E-state index contributed by atoms with van der Waals surface area (Å²) in [5.74, 6) is -1.41. The summed E-state index contributed by atoms with van der Waals surface area (Å²) in [5.41, 5.74) is 6.23. The molecule has 0 spiro atoms. The Kier molecular flexibility index (Phi) is 5.68. The molecular weight excluding hydrogens is 488 g/mol. The molecule has 4 aromatic carbocycles. The molecule has 0 aliphatic heterocycles. The number of rotatable bonds is 5. The van der Waals surface area contributed by atoms with Crippen LogP contribution in [0.15, 0.2) is 95.5 Å². The topological polar surface area (TPSA) is 17.0 Å². The molecule has 6 rings (SSSR count). The third-order valence-corrected chi connectivity index (χ3v) is 7.17. The minimum atomic E-state index is -1.83. The molecule has 6 aromatic rings. The van der Waals surface area contributed by atoms with Crippen LogP contribution in [0, 0.1) is 24.5 Å². The number of furan rings is 1. The molecule has 0 aliphatic carbocycles. The highest BCUT2D eigenvalue weighted by Crippen LogP contribution is 2.42. The standard InChI is InChI=1S/C35H30F2NO/c1-21(2)18-26-20-38(4)31(19-30(26)37)32-22(3)10-15-27-28-16-17-29(36)33(35(28)39-34(27)32)25-13-11-24(12-14-25)23-8-6-5-7-9-23/h5-17,19-21H,18H2,1-4H3/q+1/i18D2. The fraction of sp³-hybridized carbons (Fsp3) is 0.171. The second kappa shape index (κ2) is 9.77. The lowest BCUT2D eigenvalue weighted by atomic mass is 9.97. The van der Waals surface area contributed by atoms with Crippen molar-refractivity contribution < 1.29 is 20.5 Å². The van der Waals surface area contributed by atoms with Gasteiger partial charge in [-0.3, -0.25) is 0 Å². The molecule has 2 aromatic heterocycles. The van der Waals surface area contributed by atoms with Crippen LogP contribution in [0.25, 0.3) is 55.4 Å². The lowest BCUT2D eigenvalue weighted by molar-refractivity contribution is -0.661. The highest BCUT2D eigenvalue weighted by molar-refractivity contribution is 6.13. The molecule has 194 valence electrons. The zero-order valence-electron chi connectivity index (χ0n) is 24.3. The number of nitrogens with zero attached hydrogens (tertiary/aromatic N) is 1. The van der Waals surface area contributed by atoms with E-state index in [0.29, 0.717) is 33.6 Å². The van der Waals surface area contributed by atoms with E-state index in [1.165, 1.54) is 18.3 Å². The number of fused-ring (bicyclic) bond motifs is 3. The van der Waals surface area contributed by atoms with Crippen molar-refractivity contribution in [3.8, 4) is 33.5 Å². The SMILES string of the molecule is [2H]C([2H])(c1c[n+](C)c(-c2c(C)ccc3c2oc2c(-c4ccc(-c5ccccc5)cc4)c(F)ccc23)cc1F)C(C)C. The van der Waals surface area contributed by atoms with E-state index in [1.807, 2.05) is 73.7 Å². The molecule has 0 saturated carbocycles. The number of aromatic nitrogens is 1. The molecule has 0 N–H and O–H groups in total. The maximum Gasteiger partial charge on any atom is 0.219 e. The Bertz CT molecular complexity index is 1930. The van der Waals surface area contributed by atoms with Crippen molar-refractivity contribution in [3.05, 3.63) is 114 Å². The van der Waals surface area contributed by atoms with Gasteiger partial charge in [-0.25, -0.2) is 13.3 Å². The van der Waals surface area contributed by atoms with Gasteiger partial charge in [0.1, 0.15) is 29.8 Å². The maximum atomic E-state index is 15.5. The largest absolute Gasteiger partial charge is 0.454 e. The lowest BCUT2D eigenvalue weighted by Gasteiger charge is -2.09. The second-order valence-electron chi connectivity index (χ2n) is 10.3. The predicted octanol–water partition coefficient (Wildman–Crippen LogP) is 9.20. The maximum absolute atomic E-state index is 15.5. The first-order chi connectivity index (χ1) is 19.6. The van der Waals surface area contributed by atoms with Crippen molar-refractivity contribution in [1.29, 1.82) is 0 Å². The van der Waals surface area contributed by atoms with Gasteiger partial charge in [-0.05, 0) is 53.6 Å². The van der Waals surface area contributed by atoms with Gasteiger partial charge in [-0.1, -0.05) is 80.6 Å². The number of pyridine rings is 1. The Labute approximate surface area is 230 Å². The molecule has 2 nitrogen and oxygen atoms in total. The summed E-state index contributed by atoms with van der Waals surface area (Å²) in [6, 6.07) is 26.2. The van der Waals surface area contributed by atoms with Crippen molar-refractivity contribution >= 4 is 21.9 Å². The fourth-order valence-corrected chi connectivity index (χ4v) is 5.32. The van der Waals surface area contributed by atoms with Crippen LogP contribution < -0.4 is 4.57 Å². The Hall–Kier alpha value is -4.31. The van der Waals surface area contributed by atoms with Gasteiger partial charge < -0.3 is 4.42 Å². The molecule has 0 amide bonds. The van der Waals surface area contributed by atoms with E-state index < -0.39 is 18.1 Å². The molecule has 0 aliphatic rings. The highest BCUT2D eigenvalue weighted by atomic mass is 19.1. The van der Waals surface area contributed by atoms with Crippen LogP contribution in [0.1, 0.15) is 27.7 Å². The Morgan fingerprint density at radius 3 is 2.08 bits per heavy atom. The minimum Gasteiger partial charge on any atom is -0.454 e. The van der Waals surface area contributed by atoms with E-state index in [4.69, 9.17) is 7.16 Å². The van der Waals surface area contributed by atoms with E-state index in [2.05, 4.69) is 0 Å². The van der Waals surface area contributed by atoms with E-state index in [-0.39, 0.29) is 11.4 Å². The summed E-state index contributed by atoms with van der Waals surface area (Å²) in [5, 5.41) is 1.56. The normalized spacial score (nSPS) is 12.8. The van der Waals surface area contributed by atoms with E-state index in [9.17, 15) is 0 Å². The van der Waals surface area contributed by atoms with Crippen molar-refractivity contribution in [2.24, 2.45) is 13.0 Å². The number of halogens is 2. The molecular formula is C35H30F2NO+. The summed E-state index contributed by atoms with van der Waals surface area (Å²) in [6.45, 7) is 5.39. The summed E-state index contributed by atoms with van der Waals surface area (Å²) >= 11 is 0. The van der Waals surface area contributed by atoms with Gasteiger partial charge in [-0.15, -0.1) is 0 Å². The van der Waals surface area contributed by atoms with Gasteiger partial charge in [0.15, 0.2) is 6.20 Å². The number of aryl methyl sites for hydroxylation is 2. The van der Waals surface area contributed by atoms with E-state index in [1.54, 1.807) is 31.5 Å². The molecule has 0 radical (unpaired) electrons. The van der Waals surface area contributed by atoms with Crippen molar-refractivity contribution in [2.75, 3.05) is 0 Å². The minimum absolute atomic E-state index is 0.0106. The van der Waals surface area contributed by atoms with Gasteiger partial charge in [0.05, 0.1) is 16.7 Å². The molecule has 0 unspecified atom stereocenters. The van der Waals surface area contributed by atoms with Crippen molar-refractivity contribution in [2.45, 2.75) is 27.1 Å². The first-order valence-corrected chi connectivity index (χ1v) is 13.1. The third-order valence-electron chi connectivity index (χ3n) is 7.17. The first-order valence-electron chi connectivity index (χ1n) is 14.1. The molecule has 0 bridgehead atoms. The van der Waals surface area contributed by atoms with E-state index in [0.717, 1.165) is 27.5 Å². The summed E-state index contributed by atoms with van der Waals surface area (Å²) in [4.78, 5) is 0. The monoisotopic (exact) mass is 520 g/mol. The predicted molar refractivity (Wildman–Crippen MR) is 154 cm³/mol. The zero-order valence-corrected chi connectivity index (χ0v) is 22.3. The molecule has 0 fully saturated rings. The average molecular weight is 521 g/mol. The summed E-state index contributed by atoms with van der Waals surface area (Å²) < 4.78 is 56.0. The van der Waals surface area contributed by atoms with Crippen LogP contribution in [-0.4, -0.2) is 0 Å². The Balaban J connectivity index is 1.55. The van der Waals surface area contributed by atoms with Crippen LogP contribution in [0.2, 0.25) is 0 Å². The van der Waals surface area contributed by atoms with Crippen LogP contribution in [0.3, 0.4) is 0 Å². The van der Waals surface area contributed by atoms with E-state index >= 15 is 8.78 Å². The second-order valence-corrected chi connectivity index (χ2v) is 10.3. The zero-order chi connectivity index (χ0) is 29.1. The Morgan fingerprint density at radius 1 is 0.769 bits per heavy atom. The number of benzene rings is 4.